The summed E-state index contributed by atoms with van der Waals surface area (Å²) in [5, 5.41) is 0. The van der Waals surface area contributed by atoms with E-state index >= 15 is 0 Å². The Morgan fingerprint density at radius 1 is 1.44 bits per heavy atom. The van der Waals surface area contributed by atoms with Crippen LogP contribution >= 0.6 is 15.9 Å². The predicted octanol–water partition coefficient (Wildman–Crippen LogP) is 0.913. The third kappa shape index (κ3) is 2.90. The van der Waals surface area contributed by atoms with E-state index in [1.807, 2.05) is 0 Å². The maximum absolute atomic E-state index is 10.9. The number of carbonyl (C=O) groups excluding carboxylic acids is 1. The first-order valence-electron chi connectivity index (χ1n) is 5.87. The van der Waals surface area contributed by atoms with Gasteiger partial charge in [-0.3, -0.25) is 4.79 Å². The van der Waals surface area contributed by atoms with Crippen LogP contribution in [0.1, 0.15) is 19.3 Å². The van der Waals surface area contributed by atoms with Crippen LogP contribution in [0.25, 0.3) is 0 Å². The molecule has 98 valence electrons. The van der Waals surface area contributed by atoms with Crippen LogP contribution in [0.5, 0.6) is 0 Å². The molecule has 4 N–H and O–H groups in total. The lowest BCUT2D eigenvalue weighted by molar-refractivity contribution is -0.119. The van der Waals surface area contributed by atoms with Crippen LogP contribution in [0.15, 0.2) is 10.8 Å². The van der Waals surface area contributed by atoms with Crippen LogP contribution in [0.4, 0.5) is 11.6 Å². The van der Waals surface area contributed by atoms with E-state index in [2.05, 4.69) is 30.8 Å². The average Bonchev–Trinajstić information content (AvgIpc) is 2.33. The zero-order valence-corrected chi connectivity index (χ0v) is 11.6. The van der Waals surface area contributed by atoms with E-state index in [1.165, 1.54) is 6.33 Å². The van der Waals surface area contributed by atoms with E-state index in [-0.39, 0.29) is 5.91 Å². The van der Waals surface area contributed by atoms with Crippen molar-refractivity contribution in [2.24, 2.45) is 11.7 Å². The van der Waals surface area contributed by atoms with Gasteiger partial charge in [0.2, 0.25) is 5.91 Å². The third-order valence-electron chi connectivity index (χ3n) is 3.20. The molecule has 18 heavy (non-hydrogen) atoms. The summed E-state index contributed by atoms with van der Waals surface area (Å²) in [5.41, 5.74) is 11.0. The van der Waals surface area contributed by atoms with Gasteiger partial charge in [-0.05, 0) is 34.7 Å². The lowest BCUT2D eigenvalue weighted by Crippen LogP contribution is -2.35. The maximum atomic E-state index is 10.9. The molecule has 1 aromatic rings. The van der Waals surface area contributed by atoms with Crippen LogP contribution in [0, 0.1) is 5.92 Å². The molecule has 1 aliphatic rings. The summed E-state index contributed by atoms with van der Waals surface area (Å²) in [6, 6.07) is 0. The van der Waals surface area contributed by atoms with E-state index in [4.69, 9.17) is 11.5 Å². The SMILES string of the molecule is NC(=O)CC1CCN(c2ncnc(N)c2Br)CC1. The Balaban J connectivity index is 2.01. The number of halogens is 1. The Morgan fingerprint density at radius 2 is 2.11 bits per heavy atom. The predicted molar refractivity (Wildman–Crippen MR) is 72.9 cm³/mol. The van der Waals surface area contributed by atoms with Crippen LogP contribution in [-0.4, -0.2) is 29.0 Å². The Bertz CT molecular complexity index is 445. The fraction of sp³-hybridized carbons (Fsp3) is 0.545. The molecule has 2 heterocycles. The second-order valence-corrected chi connectivity index (χ2v) is 5.29. The molecule has 6 nitrogen and oxygen atoms in total. The van der Waals surface area contributed by atoms with Crippen LogP contribution in [0.2, 0.25) is 0 Å². The fourth-order valence-electron chi connectivity index (χ4n) is 2.23. The highest BCUT2D eigenvalue weighted by atomic mass is 79.9. The molecule has 1 amide bonds. The molecule has 7 heteroatoms. The van der Waals surface area contributed by atoms with Crippen LogP contribution in [-0.2, 0) is 4.79 Å². The number of hydrogen-bond acceptors (Lipinski definition) is 5. The smallest absolute Gasteiger partial charge is 0.217 e. The molecule has 2 rings (SSSR count). The van der Waals surface area contributed by atoms with E-state index in [1.54, 1.807) is 0 Å². The second-order valence-electron chi connectivity index (χ2n) is 4.50. The topological polar surface area (TPSA) is 98.1 Å². The standard InChI is InChI=1S/C11H16BrN5O/c12-9-10(14)15-6-16-11(9)17-3-1-7(2-4-17)5-8(13)18/h6-7H,1-5H2,(H2,13,18)(H2,14,15,16). The first kappa shape index (κ1) is 13.1. The Morgan fingerprint density at radius 3 is 2.72 bits per heavy atom. The van der Waals surface area contributed by atoms with Gasteiger partial charge >= 0.3 is 0 Å². The first-order valence-corrected chi connectivity index (χ1v) is 6.66. The van der Waals surface area contributed by atoms with Crippen molar-refractivity contribution in [3.05, 3.63) is 10.8 Å². The quantitative estimate of drug-likeness (QED) is 0.864. The summed E-state index contributed by atoms with van der Waals surface area (Å²) in [6.07, 6.45) is 3.82. The van der Waals surface area contributed by atoms with Gasteiger partial charge in [0, 0.05) is 19.5 Å². The number of primary amides is 1. The number of nitrogens with two attached hydrogens (primary N) is 2. The second kappa shape index (κ2) is 5.51. The first-order chi connectivity index (χ1) is 8.58. The summed E-state index contributed by atoms with van der Waals surface area (Å²) >= 11 is 3.41. The molecule has 0 aliphatic carbocycles. The maximum Gasteiger partial charge on any atom is 0.217 e. The third-order valence-corrected chi connectivity index (χ3v) is 3.96. The Kier molecular flexibility index (Phi) is 4.00. The number of anilines is 2. The molecule has 1 saturated heterocycles. The van der Waals surface area contributed by atoms with Crippen molar-refractivity contribution in [2.45, 2.75) is 19.3 Å². The monoisotopic (exact) mass is 313 g/mol. The fourth-order valence-corrected chi connectivity index (χ4v) is 2.68. The zero-order valence-electron chi connectivity index (χ0n) is 9.97. The van der Waals surface area contributed by atoms with Crippen LogP contribution < -0.4 is 16.4 Å². The molecule has 0 unspecified atom stereocenters. The van der Waals surface area contributed by atoms with Crippen molar-refractivity contribution in [1.82, 2.24) is 9.97 Å². The number of rotatable bonds is 3. The Hall–Kier alpha value is -1.37. The molecule has 0 bridgehead atoms. The van der Waals surface area contributed by atoms with E-state index < -0.39 is 0 Å². The highest BCUT2D eigenvalue weighted by molar-refractivity contribution is 9.10. The van der Waals surface area contributed by atoms with Crippen molar-refractivity contribution < 1.29 is 4.79 Å². The van der Waals surface area contributed by atoms with Gasteiger partial charge in [-0.25, -0.2) is 9.97 Å². The molecule has 1 aliphatic heterocycles. The van der Waals surface area contributed by atoms with E-state index in [0.717, 1.165) is 36.2 Å². The zero-order chi connectivity index (χ0) is 13.1. The van der Waals surface area contributed by atoms with E-state index in [9.17, 15) is 4.79 Å². The molecule has 0 spiro atoms. The van der Waals surface area contributed by atoms with Gasteiger partial charge in [-0.2, -0.15) is 0 Å². The molecule has 0 atom stereocenters. The highest BCUT2D eigenvalue weighted by Crippen LogP contribution is 2.31. The van der Waals surface area contributed by atoms with Gasteiger partial charge in [-0.15, -0.1) is 0 Å². The minimum atomic E-state index is -0.221. The van der Waals surface area contributed by atoms with Gasteiger partial charge in [0.15, 0.2) is 0 Å². The number of hydrogen-bond donors (Lipinski definition) is 2. The summed E-state index contributed by atoms with van der Waals surface area (Å²) < 4.78 is 0.735. The summed E-state index contributed by atoms with van der Waals surface area (Å²) in [7, 11) is 0. The summed E-state index contributed by atoms with van der Waals surface area (Å²) in [4.78, 5) is 21.2. The van der Waals surface area contributed by atoms with Crippen molar-refractivity contribution in [3.63, 3.8) is 0 Å². The summed E-state index contributed by atoms with van der Waals surface area (Å²) in [6.45, 7) is 1.71. The molecule has 0 radical (unpaired) electrons. The number of amides is 1. The van der Waals surface area contributed by atoms with Gasteiger partial charge in [0.1, 0.15) is 22.4 Å². The minimum Gasteiger partial charge on any atom is -0.383 e. The average molecular weight is 314 g/mol. The number of aromatic nitrogens is 2. The van der Waals surface area contributed by atoms with Crippen molar-refractivity contribution >= 4 is 33.5 Å². The van der Waals surface area contributed by atoms with Crippen LogP contribution in [0.3, 0.4) is 0 Å². The molecule has 0 saturated carbocycles. The normalized spacial score (nSPS) is 16.8. The number of nitrogen functional groups attached to an aromatic ring is 1. The number of carbonyl (C=O) groups is 1. The van der Waals surface area contributed by atoms with Crippen molar-refractivity contribution in [3.8, 4) is 0 Å². The minimum absolute atomic E-state index is 0.221. The molecule has 1 aromatic heterocycles. The Labute approximate surface area is 114 Å². The molecular formula is C11H16BrN5O. The lowest BCUT2D eigenvalue weighted by atomic mass is 9.93. The number of nitrogens with zero attached hydrogens (tertiary/aromatic N) is 3. The highest BCUT2D eigenvalue weighted by Gasteiger charge is 2.23. The summed E-state index contributed by atoms with van der Waals surface area (Å²) in [5.74, 6) is 1.43. The molecule has 1 fully saturated rings. The molecular weight excluding hydrogens is 298 g/mol. The van der Waals surface area contributed by atoms with Gasteiger partial charge < -0.3 is 16.4 Å². The van der Waals surface area contributed by atoms with Gasteiger partial charge in [-0.1, -0.05) is 0 Å². The lowest BCUT2D eigenvalue weighted by Gasteiger charge is -2.32. The molecule has 0 aromatic carbocycles. The van der Waals surface area contributed by atoms with E-state index in [0.29, 0.717) is 18.2 Å². The van der Waals surface area contributed by atoms with Gasteiger partial charge in [0.05, 0.1) is 0 Å². The largest absolute Gasteiger partial charge is 0.383 e. The van der Waals surface area contributed by atoms with Crippen molar-refractivity contribution in [2.75, 3.05) is 23.7 Å². The number of piperidine rings is 1. The van der Waals surface area contributed by atoms with Gasteiger partial charge in [0.25, 0.3) is 0 Å². The van der Waals surface area contributed by atoms with Crippen molar-refractivity contribution in [1.29, 1.82) is 0 Å².